The number of aromatic nitrogens is 1. The average molecular weight is 634 g/mol. The van der Waals surface area contributed by atoms with Crippen molar-refractivity contribution in [2.75, 3.05) is 32.5 Å². The van der Waals surface area contributed by atoms with Crippen LogP contribution in [0.2, 0.25) is 0 Å². The van der Waals surface area contributed by atoms with Crippen molar-refractivity contribution in [1.29, 1.82) is 0 Å². The number of nitrogens with one attached hydrogen (secondary N) is 1. The number of ether oxygens (including phenoxy) is 3. The third kappa shape index (κ3) is 8.64. The van der Waals surface area contributed by atoms with Crippen molar-refractivity contribution in [2.24, 2.45) is 0 Å². The number of methoxy groups -OCH3 is 1. The Morgan fingerprint density at radius 2 is 1.80 bits per heavy atom. The second kappa shape index (κ2) is 14.9. The van der Waals surface area contributed by atoms with E-state index < -0.39 is 42.2 Å². The fraction of sp³-hybridized carbons (Fsp3) is 0.441. The molecular formula is C34H43N5O7. The van der Waals surface area contributed by atoms with Gasteiger partial charge in [0, 0.05) is 31.1 Å². The Balaban J connectivity index is 1.59. The number of rotatable bonds is 11. The van der Waals surface area contributed by atoms with Gasteiger partial charge in [0.15, 0.2) is 0 Å². The molecule has 1 aliphatic rings. The summed E-state index contributed by atoms with van der Waals surface area (Å²) in [5, 5.41) is 4.69. The molecule has 1 saturated heterocycles. The van der Waals surface area contributed by atoms with E-state index in [2.05, 4.69) is 10.3 Å². The standard InChI is InChI=1S/C34H43N5O7/c1-6-45-29(40)21-39(33(43)46-34(2,3)4)28(19-22-9-12-25(44-5)13-10-22)32(42)38-17-7-8-27(38)31(41)37-20-23-11-14-26-24(18-23)15-16-36-30(26)35/h9-16,18,27-28H,6-8,17,19-21H2,1-5H3,(H2,35,36)(H,37,41)/t27-,28+/m0/s1. The maximum Gasteiger partial charge on any atom is 0.411 e. The monoisotopic (exact) mass is 633 g/mol. The van der Waals surface area contributed by atoms with Gasteiger partial charge in [0.2, 0.25) is 11.8 Å². The van der Waals surface area contributed by atoms with E-state index in [-0.39, 0.29) is 25.5 Å². The number of likely N-dealkylation sites (tertiary alicyclic amines) is 1. The maximum absolute atomic E-state index is 14.4. The third-order valence-electron chi connectivity index (χ3n) is 7.65. The molecule has 0 bridgehead atoms. The van der Waals surface area contributed by atoms with E-state index in [1.54, 1.807) is 65.3 Å². The summed E-state index contributed by atoms with van der Waals surface area (Å²) in [5.41, 5.74) is 6.67. The van der Waals surface area contributed by atoms with Gasteiger partial charge < -0.3 is 30.2 Å². The van der Waals surface area contributed by atoms with Gasteiger partial charge in [-0.2, -0.15) is 0 Å². The number of anilines is 1. The van der Waals surface area contributed by atoms with Crippen molar-refractivity contribution < 1.29 is 33.4 Å². The highest BCUT2D eigenvalue weighted by Crippen LogP contribution is 2.25. The number of nitrogens with zero attached hydrogens (tertiary/aromatic N) is 3. The smallest absolute Gasteiger partial charge is 0.411 e. The summed E-state index contributed by atoms with van der Waals surface area (Å²) < 4.78 is 16.1. The lowest BCUT2D eigenvalue weighted by molar-refractivity contribution is -0.148. The van der Waals surface area contributed by atoms with Gasteiger partial charge in [0.25, 0.3) is 0 Å². The molecule has 0 spiro atoms. The van der Waals surface area contributed by atoms with Crippen LogP contribution in [-0.4, -0.2) is 83.2 Å². The van der Waals surface area contributed by atoms with Crippen LogP contribution in [0.4, 0.5) is 10.6 Å². The first-order chi connectivity index (χ1) is 21.9. The van der Waals surface area contributed by atoms with Gasteiger partial charge in [-0.05, 0) is 81.3 Å². The summed E-state index contributed by atoms with van der Waals surface area (Å²) in [5.74, 6) is -0.384. The van der Waals surface area contributed by atoms with Crippen LogP contribution in [0.5, 0.6) is 5.75 Å². The van der Waals surface area contributed by atoms with Crippen LogP contribution < -0.4 is 15.8 Å². The predicted molar refractivity (Wildman–Crippen MR) is 173 cm³/mol. The molecule has 3 aromatic rings. The number of esters is 1. The predicted octanol–water partition coefficient (Wildman–Crippen LogP) is 3.84. The minimum atomic E-state index is -1.15. The number of nitrogen functional groups attached to an aromatic ring is 1. The lowest BCUT2D eigenvalue weighted by Crippen LogP contribution is -2.57. The number of benzene rings is 2. The van der Waals surface area contributed by atoms with E-state index in [0.717, 1.165) is 26.8 Å². The topological polar surface area (TPSA) is 153 Å². The molecule has 1 fully saturated rings. The maximum atomic E-state index is 14.4. The molecule has 12 heteroatoms. The van der Waals surface area contributed by atoms with Gasteiger partial charge in [-0.1, -0.05) is 24.3 Å². The number of fused-ring (bicyclic) bond motifs is 1. The van der Waals surface area contributed by atoms with Crippen LogP contribution in [0.1, 0.15) is 51.7 Å². The lowest BCUT2D eigenvalue weighted by atomic mass is 10.0. The van der Waals surface area contributed by atoms with E-state index in [1.165, 1.54) is 4.90 Å². The fourth-order valence-electron chi connectivity index (χ4n) is 5.45. The Hall–Kier alpha value is -4.87. The number of nitrogens with two attached hydrogens (primary N) is 1. The highest BCUT2D eigenvalue weighted by molar-refractivity contribution is 5.93. The summed E-state index contributed by atoms with van der Waals surface area (Å²) >= 11 is 0. The summed E-state index contributed by atoms with van der Waals surface area (Å²) in [6, 6.07) is 12.7. The zero-order valence-electron chi connectivity index (χ0n) is 27.1. The molecule has 0 unspecified atom stereocenters. The normalized spacial score (nSPS) is 15.2. The first-order valence-electron chi connectivity index (χ1n) is 15.4. The van der Waals surface area contributed by atoms with Gasteiger partial charge in [0.05, 0.1) is 13.7 Å². The van der Waals surface area contributed by atoms with Crippen molar-refractivity contribution in [3.05, 3.63) is 65.9 Å². The van der Waals surface area contributed by atoms with Crippen molar-refractivity contribution >= 4 is 40.5 Å². The Morgan fingerprint density at radius 1 is 1.09 bits per heavy atom. The van der Waals surface area contributed by atoms with Crippen molar-refractivity contribution in [3.63, 3.8) is 0 Å². The number of amides is 3. The molecule has 0 aliphatic carbocycles. The number of carbonyl (C=O) groups is 4. The molecule has 2 aromatic carbocycles. The molecule has 3 N–H and O–H groups in total. The molecule has 3 amide bonds. The second-order valence-corrected chi connectivity index (χ2v) is 12.1. The van der Waals surface area contributed by atoms with E-state index in [0.29, 0.717) is 31.0 Å². The second-order valence-electron chi connectivity index (χ2n) is 12.1. The first-order valence-corrected chi connectivity index (χ1v) is 15.4. The molecule has 1 aromatic heterocycles. The molecule has 2 heterocycles. The lowest BCUT2D eigenvalue weighted by Gasteiger charge is -2.35. The Labute approximate surface area is 269 Å². The number of hydrogen-bond acceptors (Lipinski definition) is 9. The first kappa shape index (κ1) is 34.0. The molecule has 0 radical (unpaired) electrons. The van der Waals surface area contributed by atoms with Gasteiger partial charge >= 0.3 is 12.1 Å². The van der Waals surface area contributed by atoms with Crippen molar-refractivity contribution in [2.45, 2.75) is 71.2 Å². The number of hydrogen-bond donors (Lipinski definition) is 2. The van der Waals surface area contributed by atoms with Crippen molar-refractivity contribution in [1.82, 2.24) is 20.1 Å². The molecule has 2 atom stereocenters. The molecule has 246 valence electrons. The quantitative estimate of drug-likeness (QED) is 0.300. The summed E-state index contributed by atoms with van der Waals surface area (Å²) in [7, 11) is 1.55. The van der Waals surface area contributed by atoms with Gasteiger partial charge in [0.1, 0.15) is 35.8 Å². The Bertz CT molecular complexity index is 1550. The molecular weight excluding hydrogens is 590 g/mol. The Kier molecular flexibility index (Phi) is 11.0. The summed E-state index contributed by atoms with van der Waals surface area (Å²) in [6.07, 6.45) is 1.93. The number of pyridine rings is 1. The van der Waals surface area contributed by atoms with Crippen LogP contribution in [-0.2, 0) is 36.8 Å². The average Bonchev–Trinajstić information content (AvgIpc) is 3.51. The zero-order valence-corrected chi connectivity index (χ0v) is 27.1. The van der Waals surface area contributed by atoms with Crippen LogP contribution >= 0.6 is 0 Å². The molecule has 12 nitrogen and oxygen atoms in total. The van der Waals surface area contributed by atoms with Crippen LogP contribution in [0, 0.1) is 0 Å². The molecule has 0 saturated carbocycles. The van der Waals surface area contributed by atoms with Crippen LogP contribution in [0.15, 0.2) is 54.7 Å². The summed E-state index contributed by atoms with van der Waals surface area (Å²) in [6.45, 7) is 6.95. The largest absolute Gasteiger partial charge is 0.497 e. The third-order valence-corrected chi connectivity index (χ3v) is 7.65. The molecule has 1 aliphatic heterocycles. The molecule has 46 heavy (non-hydrogen) atoms. The number of carbonyl (C=O) groups excluding carboxylic acids is 4. The van der Waals surface area contributed by atoms with Gasteiger partial charge in [-0.25, -0.2) is 9.78 Å². The SMILES string of the molecule is CCOC(=O)CN(C(=O)OC(C)(C)C)[C@H](Cc1ccc(OC)cc1)C(=O)N1CCC[C@H]1C(=O)NCc1ccc2c(N)nccc2c1. The van der Waals surface area contributed by atoms with E-state index >= 15 is 0 Å². The fourth-order valence-corrected chi connectivity index (χ4v) is 5.45. The van der Waals surface area contributed by atoms with E-state index in [1.807, 2.05) is 24.3 Å². The molecule has 4 rings (SSSR count). The van der Waals surface area contributed by atoms with Gasteiger partial charge in [-0.15, -0.1) is 0 Å². The minimum absolute atomic E-state index is 0.0708. The van der Waals surface area contributed by atoms with E-state index in [4.69, 9.17) is 19.9 Å². The highest BCUT2D eigenvalue weighted by Gasteiger charge is 2.42. The Morgan fingerprint density at radius 3 is 2.48 bits per heavy atom. The van der Waals surface area contributed by atoms with Crippen LogP contribution in [0.3, 0.4) is 0 Å². The van der Waals surface area contributed by atoms with Crippen molar-refractivity contribution in [3.8, 4) is 5.75 Å². The minimum Gasteiger partial charge on any atom is -0.497 e. The highest BCUT2D eigenvalue weighted by atomic mass is 16.6. The zero-order chi connectivity index (χ0) is 33.4. The van der Waals surface area contributed by atoms with Crippen LogP contribution in [0.25, 0.3) is 10.8 Å². The summed E-state index contributed by atoms with van der Waals surface area (Å²) in [4.78, 5) is 60.9. The van der Waals surface area contributed by atoms with Gasteiger partial charge in [-0.3, -0.25) is 19.3 Å². The van der Waals surface area contributed by atoms with E-state index in [9.17, 15) is 19.2 Å².